The predicted octanol–water partition coefficient (Wildman–Crippen LogP) is 4.79. The lowest BCUT2D eigenvalue weighted by Gasteiger charge is -2.21. The van der Waals surface area contributed by atoms with Gasteiger partial charge in [0.1, 0.15) is 5.75 Å². The van der Waals surface area contributed by atoms with Gasteiger partial charge in [0.05, 0.1) is 0 Å². The number of amides is 1. The number of benzene rings is 1. The van der Waals surface area contributed by atoms with E-state index in [9.17, 15) is 4.79 Å². The fourth-order valence-electron chi connectivity index (χ4n) is 2.61. The molecule has 0 fully saturated rings. The largest absolute Gasteiger partial charge is 0.480 e. The van der Waals surface area contributed by atoms with E-state index in [-0.39, 0.29) is 5.91 Å². The molecule has 23 heavy (non-hydrogen) atoms. The minimum atomic E-state index is -0.417. The Labute approximate surface area is 141 Å². The van der Waals surface area contributed by atoms with Gasteiger partial charge in [-0.1, -0.05) is 52.2 Å². The number of hydrogen-bond acceptors (Lipinski definition) is 2. The zero-order valence-electron chi connectivity index (χ0n) is 15.4. The molecular formula is C20H33NO2. The Morgan fingerprint density at radius 3 is 2.52 bits per heavy atom. The van der Waals surface area contributed by atoms with E-state index in [1.807, 2.05) is 32.9 Å². The molecule has 130 valence electrons. The van der Waals surface area contributed by atoms with E-state index >= 15 is 0 Å². The van der Waals surface area contributed by atoms with Gasteiger partial charge < -0.3 is 10.1 Å². The molecule has 0 spiro atoms. The van der Waals surface area contributed by atoms with E-state index in [1.54, 1.807) is 0 Å². The lowest BCUT2D eigenvalue weighted by molar-refractivity contribution is -0.128. The molecular weight excluding hydrogens is 286 g/mol. The maximum absolute atomic E-state index is 12.4. The number of unbranched alkanes of at least 4 members (excludes halogenated alkanes) is 1. The SMILES string of the molecule is CCCC[C@H](CC)CNC(=O)[C@H](CC)Oc1cc(C)ccc1C. The van der Waals surface area contributed by atoms with E-state index in [1.165, 1.54) is 19.3 Å². The third kappa shape index (κ3) is 6.64. The molecule has 1 rings (SSSR count). The summed E-state index contributed by atoms with van der Waals surface area (Å²) in [5.41, 5.74) is 2.21. The van der Waals surface area contributed by atoms with Crippen molar-refractivity contribution >= 4 is 5.91 Å². The van der Waals surface area contributed by atoms with Crippen molar-refractivity contribution in [1.82, 2.24) is 5.32 Å². The second-order valence-electron chi connectivity index (χ2n) is 6.45. The Kier molecular flexibility index (Phi) is 8.75. The summed E-state index contributed by atoms with van der Waals surface area (Å²) in [5.74, 6) is 1.38. The van der Waals surface area contributed by atoms with Crippen molar-refractivity contribution in [3.05, 3.63) is 29.3 Å². The summed E-state index contributed by atoms with van der Waals surface area (Å²) in [6, 6.07) is 6.09. The van der Waals surface area contributed by atoms with Crippen molar-refractivity contribution < 1.29 is 9.53 Å². The number of carbonyl (C=O) groups excluding carboxylic acids is 1. The molecule has 0 unspecified atom stereocenters. The average Bonchev–Trinajstić information content (AvgIpc) is 2.55. The Hall–Kier alpha value is -1.51. The number of nitrogens with one attached hydrogen (secondary N) is 1. The van der Waals surface area contributed by atoms with Gasteiger partial charge >= 0.3 is 0 Å². The van der Waals surface area contributed by atoms with Crippen LogP contribution in [0.2, 0.25) is 0 Å². The van der Waals surface area contributed by atoms with Gasteiger partial charge in [-0.25, -0.2) is 0 Å². The van der Waals surface area contributed by atoms with Crippen molar-refractivity contribution in [2.45, 2.75) is 72.8 Å². The van der Waals surface area contributed by atoms with Crippen LogP contribution >= 0.6 is 0 Å². The van der Waals surface area contributed by atoms with Crippen LogP contribution in [-0.2, 0) is 4.79 Å². The minimum absolute atomic E-state index is 0.00311. The van der Waals surface area contributed by atoms with Crippen LogP contribution in [0.4, 0.5) is 0 Å². The minimum Gasteiger partial charge on any atom is -0.480 e. The Balaban J connectivity index is 2.59. The highest BCUT2D eigenvalue weighted by Gasteiger charge is 2.20. The van der Waals surface area contributed by atoms with Crippen LogP contribution in [0.15, 0.2) is 18.2 Å². The molecule has 3 heteroatoms. The highest BCUT2D eigenvalue weighted by atomic mass is 16.5. The first-order valence-corrected chi connectivity index (χ1v) is 9.03. The Morgan fingerprint density at radius 1 is 1.17 bits per heavy atom. The van der Waals surface area contributed by atoms with Crippen LogP contribution < -0.4 is 10.1 Å². The number of hydrogen-bond donors (Lipinski definition) is 1. The smallest absolute Gasteiger partial charge is 0.261 e. The van der Waals surface area contributed by atoms with Gasteiger partial charge in [0.15, 0.2) is 6.10 Å². The summed E-state index contributed by atoms with van der Waals surface area (Å²) in [7, 11) is 0. The molecule has 0 saturated heterocycles. The standard InChI is InChI=1S/C20H33NO2/c1-6-9-10-17(7-2)14-21-20(22)18(8-3)23-19-13-15(4)11-12-16(19)5/h11-13,17-18H,6-10,14H2,1-5H3,(H,21,22)/t17-,18-/m0/s1. The van der Waals surface area contributed by atoms with Crippen LogP contribution in [0, 0.1) is 19.8 Å². The average molecular weight is 319 g/mol. The molecule has 3 nitrogen and oxygen atoms in total. The van der Waals surface area contributed by atoms with E-state index in [4.69, 9.17) is 4.74 Å². The van der Waals surface area contributed by atoms with Crippen LogP contribution in [0.5, 0.6) is 5.75 Å². The van der Waals surface area contributed by atoms with Crippen LogP contribution in [-0.4, -0.2) is 18.6 Å². The first kappa shape index (κ1) is 19.5. The van der Waals surface area contributed by atoms with Gasteiger partial charge in [0.2, 0.25) is 0 Å². The Bertz CT molecular complexity index is 485. The molecule has 0 heterocycles. The van der Waals surface area contributed by atoms with Crippen molar-refractivity contribution in [2.24, 2.45) is 5.92 Å². The molecule has 1 aromatic carbocycles. The van der Waals surface area contributed by atoms with E-state index < -0.39 is 6.10 Å². The third-order valence-corrected chi connectivity index (χ3v) is 4.38. The third-order valence-electron chi connectivity index (χ3n) is 4.38. The second kappa shape index (κ2) is 10.3. The van der Waals surface area contributed by atoms with E-state index in [0.29, 0.717) is 12.3 Å². The molecule has 0 radical (unpaired) electrons. The zero-order chi connectivity index (χ0) is 17.2. The van der Waals surface area contributed by atoms with E-state index in [2.05, 4.69) is 25.2 Å². The zero-order valence-corrected chi connectivity index (χ0v) is 15.4. The predicted molar refractivity (Wildman–Crippen MR) is 96.9 cm³/mol. The summed E-state index contributed by atoms with van der Waals surface area (Å²) in [6.45, 7) is 11.2. The molecule has 0 saturated carbocycles. The van der Waals surface area contributed by atoms with Gasteiger partial charge in [-0.05, 0) is 49.8 Å². The van der Waals surface area contributed by atoms with Gasteiger partial charge in [-0.15, -0.1) is 0 Å². The van der Waals surface area contributed by atoms with E-state index in [0.717, 1.165) is 29.8 Å². The molecule has 1 N–H and O–H groups in total. The summed E-state index contributed by atoms with van der Waals surface area (Å²) in [6.07, 6.45) is 4.98. The summed E-state index contributed by atoms with van der Waals surface area (Å²) in [4.78, 5) is 12.4. The van der Waals surface area contributed by atoms with Crippen molar-refractivity contribution in [3.8, 4) is 5.75 Å². The molecule has 2 atom stereocenters. The molecule has 1 aromatic rings. The van der Waals surface area contributed by atoms with Crippen molar-refractivity contribution in [1.29, 1.82) is 0 Å². The maximum Gasteiger partial charge on any atom is 0.261 e. The second-order valence-corrected chi connectivity index (χ2v) is 6.45. The van der Waals surface area contributed by atoms with Gasteiger partial charge in [0, 0.05) is 6.54 Å². The van der Waals surface area contributed by atoms with Crippen LogP contribution in [0.3, 0.4) is 0 Å². The monoisotopic (exact) mass is 319 g/mol. The van der Waals surface area contributed by atoms with Crippen molar-refractivity contribution in [3.63, 3.8) is 0 Å². The normalized spacial score (nSPS) is 13.4. The lowest BCUT2D eigenvalue weighted by Crippen LogP contribution is -2.40. The molecule has 0 aliphatic carbocycles. The number of ether oxygens (including phenoxy) is 1. The van der Waals surface area contributed by atoms with Gasteiger partial charge in [0.25, 0.3) is 5.91 Å². The lowest BCUT2D eigenvalue weighted by atomic mass is 9.99. The van der Waals surface area contributed by atoms with Crippen LogP contribution in [0.25, 0.3) is 0 Å². The molecule has 0 aromatic heterocycles. The first-order chi connectivity index (χ1) is 11.0. The van der Waals surface area contributed by atoms with Gasteiger partial charge in [-0.2, -0.15) is 0 Å². The topological polar surface area (TPSA) is 38.3 Å². The van der Waals surface area contributed by atoms with Crippen molar-refractivity contribution in [2.75, 3.05) is 6.54 Å². The number of aryl methyl sites for hydroxylation is 2. The Morgan fingerprint density at radius 2 is 1.91 bits per heavy atom. The number of rotatable bonds is 10. The molecule has 1 amide bonds. The summed E-state index contributed by atoms with van der Waals surface area (Å²) in [5, 5.41) is 3.08. The summed E-state index contributed by atoms with van der Waals surface area (Å²) >= 11 is 0. The number of carbonyl (C=O) groups is 1. The quantitative estimate of drug-likeness (QED) is 0.673. The summed E-state index contributed by atoms with van der Waals surface area (Å²) < 4.78 is 5.97. The molecule has 0 bridgehead atoms. The maximum atomic E-state index is 12.4. The first-order valence-electron chi connectivity index (χ1n) is 9.03. The van der Waals surface area contributed by atoms with Crippen LogP contribution in [0.1, 0.15) is 64.0 Å². The molecule has 0 aliphatic rings. The molecule has 0 aliphatic heterocycles. The van der Waals surface area contributed by atoms with Gasteiger partial charge in [-0.3, -0.25) is 4.79 Å². The fourth-order valence-corrected chi connectivity index (χ4v) is 2.61. The highest BCUT2D eigenvalue weighted by molar-refractivity contribution is 5.81. The fraction of sp³-hybridized carbons (Fsp3) is 0.650. The highest BCUT2D eigenvalue weighted by Crippen LogP contribution is 2.21.